The van der Waals surface area contributed by atoms with Crippen LogP contribution < -0.4 is 0 Å². The Hall–Kier alpha value is 0.110. The first-order valence-corrected chi connectivity index (χ1v) is 6.54. The molecule has 1 nitrogen and oxygen atoms in total. The molecule has 0 bridgehead atoms. The molecule has 0 saturated heterocycles. The van der Waals surface area contributed by atoms with E-state index in [-0.39, 0.29) is 0 Å². The normalized spacial score (nSPS) is 13.6. The minimum atomic E-state index is 0.736. The van der Waals surface area contributed by atoms with Crippen molar-refractivity contribution in [2.75, 3.05) is 5.33 Å². The average molecular weight is 262 g/mol. The van der Waals surface area contributed by atoms with Gasteiger partial charge in [0.05, 0.1) is 5.01 Å². The Morgan fingerprint density at radius 2 is 2.23 bits per heavy atom. The molecular formula is C10H16BrNS. The van der Waals surface area contributed by atoms with E-state index in [4.69, 9.17) is 0 Å². The van der Waals surface area contributed by atoms with E-state index >= 15 is 0 Å². The smallest absolute Gasteiger partial charge is 0.0896 e. The molecule has 1 atom stereocenters. The number of aromatic nitrogens is 1. The molecule has 1 aromatic rings. The monoisotopic (exact) mass is 261 g/mol. The van der Waals surface area contributed by atoms with Gasteiger partial charge in [0.15, 0.2) is 0 Å². The van der Waals surface area contributed by atoms with Gasteiger partial charge in [-0.25, -0.2) is 4.98 Å². The van der Waals surface area contributed by atoms with Gasteiger partial charge in [-0.3, -0.25) is 0 Å². The number of nitrogens with zero attached hydrogens (tertiary/aromatic N) is 1. The third-order valence-corrected chi connectivity index (χ3v) is 4.04. The molecule has 0 saturated carbocycles. The Labute approximate surface area is 92.7 Å². The van der Waals surface area contributed by atoms with Crippen LogP contribution in [0.15, 0.2) is 6.20 Å². The first kappa shape index (κ1) is 11.2. The summed E-state index contributed by atoms with van der Waals surface area (Å²) in [7, 11) is 0. The highest BCUT2D eigenvalue weighted by Crippen LogP contribution is 2.22. The average Bonchev–Trinajstić information content (AvgIpc) is 2.46. The summed E-state index contributed by atoms with van der Waals surface area (Å²) in [5.41, 5.74) is 0. The fraction of sp³-hybridized carbons (Fsp3) is 0.700. The van der Waals surface area contributed by atoms with E-state index in [2.05, 4.69) is 41.7 Å². The van der Waals surface area contributed by atoms with Crippen LogP contribution >= 0.6 is 27.3 Å². The second-order valence-corrected chi connectivity index (χ2v) is 5.67. The highest BCUT2D eigenvalue weighted by Gasteiger charge is 2.13. The molecule has 0 spiro atoms. The molecule has 1 rings (SSSR count). The molecule has 0 aliphatic rings. The maximum atomic E-state index is 4.27. The van der Waals surface area contributed by atoms with Gasteiger partial charge in [-0.05, 0) is 25.2 Å². The third-order valence-electron chi connectivity index (χ3n) is 2.27. The van der Waals surface area contributed by atoms with Gasteiger partial charge in [0.25, 0.3) is 0 Å². The third kappa shape index (κ3) is 3.39. The molecular weight excluding hydrogens is 246 g/mol. The van der Waals surface area contributed by atoms with Crippen LogP contribution in [0.5, 0.6) is 0 Å². The molecule has 74 valence electrons. The zero-order chi connectivity index (χ0) is 9.84. The first-order chi connectivity index (χ1) is 6.13. The van der Waals surface area contributed by atoms with Crippen LogP contribution in [0.2, 0.25) is 0 Å². The van der Waals surface area contributed by atoms with Crippen molar-refractivity contribution < 1.29 is 0 Å². The number of rotatable bonds is 4. The largest absolute Gasteiger partial charge is 0.250 e. The minimum Gasteiger partial charge on any atom is -0.250 e. The van der Waals surface area contributed by atoms with Gasteiger partial charge < -0.3 is 0 Å². The number of thiazole rings is 1. The number of aryl methyl sites for hydroxylation is 1. The van der Waals surface area contributed by atoms with E-state index in [0.29, 0.717) is 0 Å². The molecule has 1 aromatic heterocycles. The summed E-state index contributed by atoms with van der Waals surface area (Å²) in [6.07, 6.45) is 3.17. The van der Waals surface area contributed by atoms with Gasteiger partial charge in [-0.15, -0.1) is 11.3 Å². The lowest BCUT2D eigenvalue weighted by molar-refractivity contribution is 0.429. The molecule has 3 heteroatoms. The van der Waals surface area contributed by atoms with Crippen LogP contribution in [-0.4, -0.2) is 10.3 Å². The molecule has 0 N–H and O–H groups in total. The Morgan fingerprint density at radius 1 is 1.54 bits per heavy atom. The first-order valence-electron chi connectivity index (χ1n) is 4.60. The van der Waals surface area contributed by atoms with Gasteiger partial charge in [0.1, 0.15) is 0 Å². The summed E-state index contributed by atoms with van der Waals surface area (Å²) in [5, 5.41) is 2.26. The van der Waals surface area contributed by atoms with Gasteiger partial charge in [0.2, 0.25) is 0 Å². The Balaban J connectivity index is 2.56. The predicted octanol–water partition coefficient (Wildman–Crippen LogP) is 3.66. The molecule has 0 aliphatic carbocycles. The van der Waals surface area contributed by atoms with Crippen molar-refractivity contribution in [1.82, 2.24) is 4.98 Å². The molecule has 13 heavy (non-hydrogen) atoms. The maximum absolute atomic E-state index is 4.27. The van der Waals surface area contributed by atoms with Gasteiger partial charge >= 0.3 is 0 Å². The van der Waals surface area contributed by atoms with Crippen molar-refractivity contribution in [2.24, 2.45) is 11.8 Å². The molecule has 0 radical (unpaired) electrons. The quantitative estimate of drug-likeness (QED) is 0.754. The molecule has 0 amide bonds. The van der Waals surface area contributed by atoms with Crippen LogP contribution in [0.1, 0.15) is 23.7 Å². The van der Waals surface area contributed by atoms with Gasteiger partial charge in [-0.2, -0.15) is 0 Å². The van der Waals surface area contributed by atoms with E-state index < -0.39 is 0 Å². The van der Waals surface area contributed by atoms with Crippen molar-refractivity contribution in [3.63, 3.8) is 0 Å². The van der Waals surface area contributed by atoms with Crippen molar-refractivity contribution in [3.8, 4) is 0 Å². The van der Waals surface area contributed by atoms with Crippen molar-refractivity contribution in [2.45, 2.75) is 27.2 Å². The summed E-state index contributed by atoms with van der Waals surface area (Å²) >= 11 is 5.38. The highest BCUT2D eigenvalue weighted by molar-refractivity contribution is 9.09. The fourth-order valence-corrected chi connectivity index (χ4v) is 3.09. The lowest BCUT2D eigenvalue weighted by Gasteiger charge is -2.16. The Bertz CT molecular complexity index is 257. The van der Waals surface area contributed by atoms with E-state index in [0.717, 1.165) is 23.6 Å². The molecule has 0 aromatic carbocycles. The van der Waals surface area contributed by atoms with Crippen molar-refractivity contribution in [1.29, 1.82) is 0 Å². The highest BCUT2D eigenvalue weighted by atomic mass is 79.9. The summed E-state index contributed by atoms with van der Waals surface area (Å²) < 4.78 is 0. The van der Waals surface area contributed by atoms with Gasteiger partial charge in [-0.1, -0.05) is 29.8 Å². The molecule has 1 heterocycles. The van der Waals surface area contributed by atoms with Crippen LogP contribution in [0.4, 0.5) is 0 Å². The van der Waals surface area contributed by atoms with Gasteiger partial charge in [0, 0.05) is 16.4 Å². The molecule has 0 fully saturated rings. The zero-order valence-corrected chi connectivity index (χ0v) is 10.8. The summed E-state index contributed by atoms with van der Waals surface area (Å²) in [5.74, 6) is 1.47. The van der Waals surface area contributed by atoms with Crippen LogP contribution in [0.3, 0.4) is 0 Å². The minimum absolute atomic E-state index is 0.736. The van der Waals surface area contributed by atoms with Crippen LogP contribution in [0, 0.1) is 18.8 Å². The fourth-order valence-electron chi connectivity index (χ4n) is 1.23. The summed E-state index contributed by atoms with van der Waals surface area (Å²) in [4.78, 5) is 5.68. The second kappa shape index (κ2) is 5.11. The summed E-state index contributed by atoms with van der Waals surface area (Å²) in [6, 6.07) is 0. The van der Waals surface area contributed by atoms with E-state index in [9.17, 15) is 0 Å². The summed E-state index contributed by atoms with van der Waals surface area (Å²) in [6.45, 7) is 6.62. The Morgan fingerprint density at radius 3 is 2.62 bits per heavy atom. The topological polar surface area (TPSA) is 12.9 Å². The maximum Gasteiger partial charge on any atom is 0.0896 e. The van der Waals surface area contributed by atoms with Crippen molar-refractivity contribution in [3.05, 3.63) is 16.1 Å². The number of halogens is 1. The number of alkyl halides is 1. The molecule has 1 unspecified atom stereocenters. The molecule has 0 aliphatic heterocycles. The Kier molecular flexibility index (Phi) is 4.39. The van der Waals surface area contributed by atoms with E-state index in [1.54, 1.807) is 0 Å². The van der Waals surface area contributed by atoms with Crippen LogP contribution in [-0.2, 0) is 6.42 Å². The van der Waals surface area contributed by atoms with E-state index in [1.165, 1.54) is 9.88 Å². The number of hydrogen-bond acceptors (Lipinski definition) is 2. The lowest BCUT2D eigenvalue weighted by Crippen LogP contribution is -2.12. The number of hydrogen-bond donors (Lipinski definition) is 0. The predicted molar refractivity (Wildman–Crippen MR) is 62.7 cm³/mol. The van der Waals surface area contributed by atoms with Crippen LogP contribution in [0.25, 0.3) is 0 Å². The lowest BCUT2D eigenvalue weighted by atomic mass is 9.94. The standard InChI is InChI=1S/C10H16BrNS/c1-7(2)9(5-11)4-10-6-12-8(3)13-10/h6-7,9H,4-5H2,1-3H3. The zero-order valence-electron chi connectivity index (χ0n) is 8.38. The van der Waals surface area contributed by atoms with Crippen molar-refractivity contribution >= 4 is 27.3 Å². The van der Waals surface area contributed by atoms with E-state index in [1.807, 2.05) is 17.5 Å². The SMILES string of the molecule is Cc1ncc(CC(CBr)C(C)C)s1. The second-order valence-electron chi connectivity index (χ2n) is 3.71.